The summed E-state index contributed by atoms with van der Waals surface area (Å²) >= 11 is 6.06. The largest absolute Gasteiger partial charge is 0.363 e. The molecular weight excluding hydrogens is 317 g/mol. The monoisotopic (exact) mass is 333 g/mol. The number of carbonyl (C=O) groups is 1. The van der Waals surface area contributed by atoms with Crippen molar-refractivity contribution in [1.82, 2.24) is 4.98 Å². The van der Waals surface area contributed by atoms with Crippen LogP contribution < -0.4 is 10.2 Å². The van der Waals surface area contributed by atoms with Gasteiger partial charge >= 0.3 is 0 Å². The van der Waals surface area contributed by atoms with Gasteiger partial charge in [-0.15, -0.1) is 0 Å². The second-order valence-corrected chi connectivity index (χ2v) is 6.28. The predicted octanol–water partition coefficient (Wildman–Crippen LogP) is 3.68. The van der Waals surface area contributed by atoms with E-state index >= 15 is 0 Å². The second-order valence-electron chi connectivity index (χ2n) is 5.87. The van der Waals surface area contributed by atoms with Crippen molar-refractivity contribution in [3.05, 3.63) is 52.9 Å². The van der Waals surface area contributed by atoms with E-state index in [1.54, 1.807) is 24.4 Å². The number of hydrogen-bond donors (Lipinski definition) is 1. The minimum Gasteiger partial charge on any atom is -0.363 e. The van der Waals surface area contributed by atoms with Gasteiger partial charge in [0.25, 0.3) is 0 Å². The van der Waals surface area contributed by atoms with Gasteiger partial charge in [-0.05, 0) is 30.7 Å². The molecule has 1 N–H and O–H groups in total. The van der Waals surface area contributed by atoms with Crippen LogP contribution in [0.1, 0.15) is 17.9 Å². The number of nitrogens with zero attached hydrogens (tertiary/aromatic N) is 2. The molecule has 23 heavy (non-hydrogen) atoms. The zero-order chi connectivity index (χ0) is 16.6. The van der Waals surface area contributed by atoms with Crippen molar-refractivity contribution >= 4 is 29.0 Å². The molecule has 0 unspecified atom stereocenters. The Kier molecular flexibility index (Phi) is 4.22. The number of anilines is 2. The van der Waals surface area contributed by atoms with Gasteiger partial charge in [-0.3, -0.25) is 4.79 Å². The van der Waals surface area contributed by atoms with E-state index < -0.39 is 0 Å². The quantitative estimate of drug-likeness (QED) is 0.928. The van der Waals surface area contributed by atoms with Crippen molar-refractivity contribution in [1.29, 1.82) is 0 Å². The molecule has 120 valence electrons. The van der Waals surface area contributed by atoms with Crippen molar-refractivity contribution in [3.63, 3.8) is 0 Å². The number of halogens is 2. The van der Waals surface area contributed by atoms with Gasteiger partial charge in [0.15, 0.2) is 0 Å². The Balaban J connectivity index is 1.67. The maximum Gasteiger partial charge on any atom is 0.228 e. The van der Waals surface area contributed by atoms with Gasteiger partial charge in [-0.1, -0.05) is 17.7 Å². The molecule has 2 atom stereocenters. The third-order valence-electron chi connectivity index (χ3n) is 3.97. The number of nitrogens with one attached hydrogen (secondary N) is 1. The number of carbonyl (C=O) groups excluding carboxylic acids is 1. The Bertz CT molecular complexity index is 713. The van der Waals surface area contributed by atoms with Gasteiger partial charge in [-0.25, -0.2) is 9.37 Å². The van der Waals surface area contributed by atoms with E-state index in [-0.39, 0.29) is 23.6 Å². The summed E-state index contributed by atoms with van der Waals surface area (Å²) in [6.45, 7) is 0. The molecule has 1 aromatic heterocycles. The highest BCUT2D eigenvalue weighted by Crippen LogP contribution is 2.50. The summed E-state index contributed by atoms with van der Waals surface area (Å²) in [5.74, 6) is -0.0791. The fraction of sp³-hybridized carbons (Fsp3) is 0.294. The van der Waals surface area contributed by atoms with E-state index in [1.165, 1.54) is 6.07 Å². The average molecular weight is 334 g/mol. The topological polar surface area (TPSA) is 45.2 Å². The molecule has 0 radical (unpaired) electrons. The van der Waals surface area contributed by atoms with Gasteiger partial charge in [0.05, 0.1) is 11.9 Å². The molecule has 1 saturated carbocycles. The molecule has 2 aromatic rings. The predicted molar refractivity (Wildman–Crippen MR) is 89.5 cm³/mol. The number of aromatic nitrogens is 1. The zero-order valence-electron chi connectivity index (χ0n) is 12.9. The highest BCUT2D eigenvalue weighted by atomic mass is 35.5. The summed E-state index contributed by atoms with van der Waals surface area (Å²) < 4.78 is 13.9. The van der Waals surface area contributed by atoms with Crippen LogP contribution >= 0.6 is 11.6 Å². The van der Waals surface area contributed by atoms with E-state index in [2.05, 4.69) is 10.3 Å². The minimum atomic E-state index is -0.352. The Morgan fingerprint density at radius 1 is 1.35 bits per heavy atom. The van der Waals surface area contributed by atoms with Crippen LogP contribution in [0.15, 0.2) is 36.5 Å². The van der Waals surface area contributed by atoms with E-state index in [0.29, 0.717) is 22.7 Å². The highest BCUT2D eigenvalue weighted by molar-refractivity contribution is 6.31. The van der Waals surface area contributed by atoms with E-state index in [0.717, 1.165) is 5.82 Å². The summed E-state index contributed by atoms with van der Waals surface area (Å²) in [6, 6.07) is 8.22. The van der Waals surface area contributed by atoms with Crippen LogP contribution in [0, 0.1) is 11.7 Å². The van der Waals surface area contributed by atoms with Crippen LogP contribution in [0.5, 0.6) is 0 Å². The highest BCUT2D eigenvalue weighted by Gasteiger charge is 2.46. The van der Waals surface area contributed by atoms with Crippen LogP contribution in [0.4, 0.5) is 15.9 Å². The lowest BCUT2D eigenvalue weighted by Gasteiger charge is -2.11. The molecule has 1 heterocycles. The summed E-state index contributed by atoms with van der Waals surface area (Å²) in [4.78, 5) is 18.4. The summed E-state index contributed by atoms with van der Waals surface area (Å²) in [7, 11) is 3.79. The molecule has 1 amide bonds. The molecule has 1 aliphatic rings. The summed E-state index contributed by atoms with van der Waals surface area (Å²) in [5, 5.41) is 3.20. The molecule has 1 fully saturated rings. The third kappa shape index (κ3) is 3.29. The van der Waals surface area contributed by atoms with Gasteiger partial charge in [-0.2, -0.15) is 0 Å². The first-order valence-corrected chi connectivity index (χ1v) is 7.73. The maximum atomic E-state index is 13.9. The van der Waals surface area contributed by atoms with E-state index in [9.17, 15) is 9.18 Å². The van der Waals surface area contributed by atoms with Crippen LogP contribution in [0.3, 0.4) is 0 Å². The first-order chi connectivity index (χ1) is 11.0. The van der Waals surface area contributed by atoms with Crippen LogP contribution in [-0.2, 0) is 4.79 Å². The second kappa shape index (κ2) is 6.16. The molecule has 0 bridgehead atoms. The Morgan fingerprint density at radius 2 is 2.13 bits per heavy atom. The fourth-order valence-corrected chi connectivity index (χ4v) is 2.93. The first-order valence-electron chi connectivity index (χ1n) is 7.35. The molecule has 4 nitrogen and oxygen atoms in total. The van der Waals surface area contributed by atoms with E-state index in [1.807, 2.05) is 25.1 Å². The zero-order valence-corrected chi connectivity index (χ0v) is 13.6. The standard InChI is InChI=1S/C17H17ClFN3O/c1-22(2)15-7-6-10(9-20-15)21-17(23)12-8-11(12)16-13(18)4-3-5-14(16)19/h3-7,9,11-12H,8H2,1-2H3,(H,21,23)/t11-,12-/m1/s1. The van der Waals surface area contributed by atoms with Crippen molar-refractivity contribution < 1.29 is 9.18 Å². The molecule has 3 rings (SSSR count). The number of amides is 1. The SMILES string of the molecule is CN(C)c1ccc(NC(=O)[C@@H]2C[C@H]2c2c(F)cccc2Cl)cn1. The molecule has 1 aliphatic carbocycles. The number of pyridine rings is 1. The fourth-order valence-electron chi connectivity index (χ4n) is 2.63. The Morgan fingerprint density at radius 3 is 2.74 bits per heavy atom. The lowest BCUT2D eigenvalue weighted by Crippen LogP contribution is -2.15. The lowest BCUT2D eigenvalue weighted by molar-refractivity contribution is -0.117. The first kappa shape index (κ1) is 15.7. The molecule has 6 heteroatoms. The van der Waals surface area contributed by atoms with Crippen LogP contribution in [0.25, 0.3) is 0 Å². The van der Waals surface area contributed by atoms with Crippen LogP contribution in [0.2, 0.25) is 5.02 Å². The van der Waals surface area contributed by atoms with E-state index in [4.69, 9.17) is 11.6 Å². The Labute approximate surface area is 139 Å². The summed E-state index contributed by atoms with van der Waals surface area (Å²) in [6.07, 6.45) is 2.22. The molecular formula is C17H17ClFN3O. The smallest absolute Gasteiger partial charge is 0.228 e. The maximum absolute atomic E-state index is 13.9. The van der Waals surface area contributed by atoms with Crippen molar-refractivity contribution in [3.8, 4) is 0 Å². The minimum absolute atomic E-state index is 0.131. The summed E-state index contributed by atoms with van der Waals surface area (Å²) in [5.41, 5.74) is 1.07. The lowest BCUT2D eigenvalue weighted by atomic mass is 10.1. The molecule has 1 aromatic carbocycles. The van der Waals surface area contributed by atoms with Gasteiger partial charge < -0.3 is 10.2 Å². The van der Waals surface area contributed by atoms with Gasteiger partial charge in [0, 0.05) is 36.5 Å². The Hall–Kier alpha value is -2.14. The van der Waals surface area contributed by atoms with Crippen molar-refractivity contribution in [2.24, 2.45) is 5.92 Å². The number of hydrogen-bond acceptors (Lipinski definition) is 3. The number of benzene rings is 1. The van der Waals surface area contributed by atoms with Gasteiger partial charge in [0.1, 0.15) is 11.6 Å². The van der Waals surface area contributed by atoms with Gasteiger partial charge in [0.2, 0.25) is 5.91 Å². The molecule has 0 saturated heterocycles. The molecule has 0 aliphatic heterocycles. The number of rotatable bonds is 4. The average Bonchev–Trinajstić information content (AvgIpc) is 3.28. The molecule has 0 spiro atoms. The normalized spacial score (nSPS) is 19.3. The van der Waals surface area contributed by atoms with Crippen molar-refractivity contribution in [2.45, 2.75) is 12.3 Å². The van der Waals surface area contributed by atoms with Crippen LogP contribution in [-0.4, -0.2) is 25.0 Å². The third-order valence-corrected chi connectivity index (χ3v) is 4.30. The van der Waals surface area contributed by atoms with Crippen molar-refractivity contribution in [2.75, 3.05) is 24.3 Å².